The Labute approximate surface area is 104 Å². The normalized spacial score (nSPS) is 32.6. The molecule has 2 atom stereocenters. The van der Waals surface area contributed by atoms with Gasteiger partial charge in [0, 0.05) is 22.4 Å². The zero-order valence-corrected chi connectivity index (χ0v) is 10.6. The summed E-state index contributed by atoms with van der Waals surface area (Å²) in [7, 11) is 0. The fraction of sp³-hybridized carbons (Fsp3) is 0.462. The number of rotatable bonds is 1. The van der Waals surface area contributed by atoms with Gasteiger partial charge in [-0.15, -0.1) is 0 Å². The molecule has 2 nitrogen and oxygen atoms in total. The zero-order chi connectivity index (χ0) is 11.2. The van der Waals surface area contributed by atoms with Gasteiger partial charge in [-0.25, -0.2) is 0 Å². The second-order valence-corrected chi connectivity index (χ2v) is 5.86. The van der Waals surface area contributed by atoms with Crippen LogP contribution in [0.1, 0.15) is 24.8 Å². The minimum absolute atomic E-state index is 0.208. The maximum atomic E-state index is 11.6. The van der Waals surface area contributed by atoms with Gasteiger partial charge in [0.15, 0.2) is 0 Å². The molecule has 2 fully saturated rings. The van der Waals surface area contributed by atoms with E-state index in [1.165, 1.54) is 5.56 Å². The van der Waals surface area contributed by atoms with Crippen LogP contribution in [0.4, 0.5) is 0 Å². The third-order valence-electron chi connectivity index (χ3n) is 4.04. The summed E-state index contributed by atoms with van der Waals surface area (Å²) in [5.74, 6) is 0.502. The highest BCUT2D eigenvalue weighted by atomic mass is 79.9. The van der Waals surface area contributed by atoms with Gasteiger partial charge in [0.25, 0.3) is 0 Å². The SMILES string of the molecule is O=C1NCC2(c3ccc(Br)cc3)CCC1C2. The number of halogens is 1. The summed E-state index contributed by atoms with van der Waals surface area (Å²) in [6, 6.07) is 8.55. The first-order valence-electron chi connectivity index (χ1n) is 5.73. The Hall–Kier alpha value is -0.830. The molecule has 1 saturated carbocycles. The van der Waals surface area contributed by atoms with Crippen molar-refractivity contribution in [3.05, 3.63) is 34.3 Å². The van der Waals surface area contributed by atoms with Crippen LogP contribution in [0.15, 0.2) is 28.7 Å². The molecule has 2 aliphatic rings. The summed E-state index contributed by atoms with van der Waals surface area (Å²) in [6.45, 7) is 0.809. The van der Waals surface area contributed by atoms with Crippen molar-refractivity contribution < 1.29 is 4.79 Å². The maximum Gasteiger partial charge on any atom is 0.223 e. The predicted octanol–water partition coefficient (Wildman–Crippen LogP) is 2.62. The molecular weight excluding hydrogens is 266 g/mol. The van der Waals surface area contributed by atoms with E-state index in [2.05, 4.69) is 45.5 Å². The van der Waals surface area contributed by atoms with Crippen LogP contribution >= 0.6 is 15.9 Å². The number of carbonyl (C=O) groups excluding carboxylic acids is 1. The van der Waals surface area contributed by atoms with Gasteiger partial charge in [-0.1, -0.05) is 28.1 Å². The standard InChI is InChI=1S/C13H14BrNO/c14-11-3-1-10(2-4-11)13-6-5-9(7-13)12(16)15-8-13/h1-4,9H,5-8H2,(H,15,16). The van der Waals surface area contributed by atoms with E-state index in [0.29, 0.717) is 0 Å². The molecule has 1 amide bonds. The molecule has 1 heterocycles. The average Bonchev–Trinajstić information content (AvgIpc) is 2.66. The van der Waals surface area contributed by atoms with E-state index in [0.717, 1.165) is 30.3 Å². The minimum atomic E-state index is 0.208. The van der Waals surface area contributed by atoms with E-state index < -0.39 is 0 Å². The van der Waals surface area contributed by atoms with E-state index in [-0.39, 0.29) is 17.2 Å². The summed E-state index contributed by atoms with van der Waals surface area (Å²) >= 11 is 3.46. The molecule has 1 saturated heterocycles. The Kier molecular flexibility index (Phi) is 2.32. The van der Waals surface area contributed by atoms with E-state index in [1.54, 1.807) is 0 Å². The van der Waals surface area contributed by atoms with Crippen LogP contribution in [0.2, 0.25) is 0 Å². The Morgan fingerprint density at radius 2 is 2.06 bits per heavy atom. The van der Waals surface area contributed by atoms with Gasteiger partial charge in [-0.05, 0) is 37.0 Å². The highest BCUT2D eigenvalue weighted by molar-refractivity contribution is 9.10. The number of nitrogens with one attached hydrogen (secondary N) is 1. The van der Waals surface area contributed by atoms with Gasteiger partial charge in [0.2, 0.25) is 5.91 Å². The number of fused-ring (bicyclic) bond motifs is 2. The molecule has 84 valence electrons. The molecule has 3 rings (SSSR count). The molecule has 1 N–H and O–H groups in total. The highest BCUT2D eigenvalue weighted by Crippen LogP contribution is 2.46. The summed E-state index contributed by atoms with van der Waals surface area (Å²) in [6.07, 6.45) is 3.21. The third kappa shape index (κ3) is 1.49. The lowest BCUT2D eigenvalue weighted by atomic mass is 9.76. The molecule has 1 aromatic rings. The molecule has 16 heavy (non-hydrogen) atoms. The molecule has 3 heteroatoms. The van der Waals surface area contributed by atoms with Gasteiger partial charge in [0.1, 0.15) is 0 Å². The number of benzene rings is 1. The first-order valence-corrected chi connectivity index (χ1v) is 6.53. The van der Waals surface area contributed by atoms with Crippen molar-refractivity contribution in [2.24, 2.45) is 5.92 Å². The lowest BCUT2D eigenvalue weighted by Crippen LogP contribution is -2.45. The van der Waals surface area contributed by atoms with Crippen LogP contribution in [0, 0.1) is 5.92 Å². The molecule has 0 spiro atoms. The van der Waals surface area contributed by atoms with Crippen molar-refractivity contribution in [2.45, 2.75) is 24.7 Å². The highest BCUT2D eigenvalue weighted by Gasteiger charge is 2.46. The lowest BCUT2D eigenvalue weighted by Gasteiger charge is -2.33. The van der Waals surface area contributed by atoms with Crippen LogP contribution in [0.3, 0.4) is 0 Å². The van der Waals surface area contributed by atoms with Crippen molar-refractivity contribution >= 4 is 21.8 Å². The topological polar surface area (TPSA) is 29.1 Å². The van der Waals surface area contributed by atoms with Gasteiger partial charge in [-0.3, -0.25) is 4.79 Å². The number of amides is 1. The van der Waals surface area contributed by atoms with Gasteiger partial charge >= 0.3 is 0 Å². The third-order valence-corrected chi connectivity index (χ3v) is 4.57. The van der Waals surface area contributed by atoms with Gasteiger partial charge in [-0.2, -0.15) is 0 Å². The number of piperidine rings is 1. The predicted molar refractivity (Wildman–Crippen MR) is 66.2 cm³/mol. The number of hydrogen-bond acceptors (Lipinski definition) is 1. The average molecular weight is 280 g/mol. The van der Waals surface area contributed by atoms with Crippen LogP contribution < -0.4 is 5.32 Å². The molecule has 1 aliphatic heterocycles. The van der Waals surface area contributed by atoms with Crippen LogP contribution in [-0.2, 0) is 10.2 Å². The maximum absolute atomic E-state index is 11.6. The second-order valence-electron chi connectivity index (χ2n) is 4.94. The molecule has 0 aromatic heterocycles. The smallest absolute Gasteiger partial charge is 0.223 e. The molecule has 2 unspecified atom stereocenters. The number of carbonyl (C=O) groups is 1. The van der Waals surface area contributed by atoms with Crippen molar-refractivity contribution in [3.63, 3.8) is 0 Å². The van der Waals surface area contributed by atoms with Crippen molar-refractivity contribution in [1.82, 2.24) is 5.32 Å². The minimum Gasteiger partial charge on any atom is -0.355 e. The molecule has 1 aliphatic carbocycles. The Morgan fingerprint density at radius 3 is 2.81 bits per heavy atom. The molecule has 1 aromatic carbocycles. The van der Waals surface area contributed by atoms with Crippen LogP contribution in [0.5, 0.6) is 0 Å². The van der Waals surface area contributed by atoms with Gasteiger partial charge in [0.05, 0.1) is 0 Å². The van der Waals surface area contributed by atoms with Crippen LogP contribution in [-0.4, -0.2) is 12.5 Å². The summed E-state index contributed by atoms with van der Waals surface area (Å²) in [5.41, 5.74) is 1.58. The van der Waals surface area contributed by atoms with Crippen molar-refractivity contribution in [1.29, 1.82) is 0 Å². The van der Waals surface area contributed by atoms with Crippen LogP contribution in [0.25, 0.3) is 0 Å². The summed E-state index contributed by atoms with van der Waals surface area (Å²) in [5, 5.41) is 3.05. The monoisotopic (exact) mass is 279 g/mol. The van der Waals surface area contributed by atoms with Gasteiger partial charge < -0.3 is 5.32 Å². The quantitative estimate of drug-likeness (QED) is 0.841. The largest absolute Gasteiger partial charge is 0.355 e. The van der Waals surface area contributed by atoms with E-state index in [1.807, 2.05) is 0 Å². The first kappa shape index (κ1) is 10.3. The van der Waals surface area contributed by atoms with Crippen molar-refractivity contribution in [2.75, 3.05) is 6.54 Å². The summed E-state index contributed by atoms with van der Waals surface area (Å²) in [4.78, 5) is 11.6. The Morgan fingerprint density at radius 1 is 1.31 bits per heavy atom. The summed E-state index contributed by atoms with van der Waals surface area (Å²) < 4.78 is 1.11. The van der Waals surface area contributed by atoms with E-state index in [9.17, 15) is 4.79 Å². The second kappa shape index (κ2) is 3.59. The molecule has 0 radical (unpaired) electrons. The first-order chi connectivity index (χ1) is 7.70. The van der Waals surface area contributed by atoms with E-state index >= 15 is 0 Å². The molecule has 2 bridgehead atoms. The van der Waals surface area contributed by atoms with E-state index in [4.69, 9.17) is 0 Å². The zero-order valence-electron chi connectivity index (χ0n) is 9.00. The Bertz CT molecular complexity index is 428. The Balaban J connectivity index is 1.95. The fourth-order valence-corrected chi connectivity index (χ4v) is 3.34. The molecular formula is C13H14BrNO. The number of hydrogen-bond donors (Lipinski definition) is 1. The van der Waals surface area contributed by atoms with Crippen molar-refractivity contribution in [3.8, 4) is 0 Å². The fourth-order valence-electron chi connectivity index (χ4n) is 3.08. The lowest BCUT2D eigenvalue weighted by molar-refractivity contribution is -0.126.